The van der Waals surface area contributed by atoms with Crippen molar-refractivity contribution < 1.29 is 4.79 Å². The monoisotopic (exact) mass is 359 g/mol. The number of rotatable bonds is 4. The van der Waals surface area contributed by atoms with Gasteiger partial charge in [-0.15, -0.1) is 0 Å². The fourth-order valence-corrected chi connectivity index (χ4v) is 2.77. The molecule has 0 bridgehead atoms. The Morgan fingerprint density at radius 2 is 1.95 bits per heavy atom. The summed E-state index contributed by atoms with van der Waals surface area (Å²) >= 11 is 3.52. The predicted molar refractivity (Wildman–Crippen MR) is 94.7 cm³/mol. The van der Waals surface area contributed by atoms with E-state index in [2.05, 4.69) is 26.5 Å². The number of hydrogen-bond donors (Lipinski definition) is 1. The summed E-state index contributed by atoms with van der Waals surface area (Å²) in [7, 11) is 3.96. The highest BCUT2D eigenvalue weighted by atomic mass is 79.9. The first-order valence-electron chi connectivity index (χ1n) is 6.85. The van der Waals surface area contributed by atoms with Crippen molar-refractivity contribution in [1.29, 1.82) is 0 Å². The van der Waals surface area contributed by atoms with Crippen molar-refractivity contribution in [3.63, 3.8) is 0 Å². The molecule has 114 valence electrons. The number of hydrogen-bond acceptors (Lipinski definition) is 3. The summed E-state index contributed by atoms with van der Waals surface area (Å²) in [5.41, 5.74) is 6.09. The molecule has 22 heavy (non-hydrogen) atoms. The molecule has 0 heterocycles. The predicted octanol–water partition coefficient (Wildman–Crippen LogP) is 3.59. The number of nitrogens with one attached hydrogen (secondary N) is 1. The number of benzene rings is 2. The van der Waals surface area contributed by atoms with Crippen LogP contribution in [0.25, 0.3) is 0 Å². The Bertz CT molecular complexity index is 711. The average Bonchev–Trinajstić information content (AvgIpc) is 2.47. The molecule has 4 nitrogen and oxygen atoms in total. The smallest absolute Gasteiger partial charge is 0.271 e. The number of hydrazone groups is 1. The Morgan fingerprint density at radius 3 is 2.59 bits per heavy atom. The molecular weight excluding hydrogens is 342 g/mol. The molecule has 2 aromatic carbocycles. The third kappa shape index (κ3) is 3.95. The molecule has 2 aromatic rings. The molecule has 0 aliphatic heterocycles. The minimum absolute atomic E-state index is 0.210. The molecule has 1 N–H and O–H groups in total. The van der Waals surface area contributed by atoms with E-state index >= 15 is 0 Å². The van der Waals surface area contributed by atoms with Crippen LogP contribution >= 0.6 is 15.9 Å². The maximum Gasteiger partial charge on any atom is 0.271 e. The number of nitrogens with zero attached hydrogens (tertiary/aromatic N) is 2. The van der Waals surface area contributed by atoms with E-state index < -0.39 is 0 Å². The van der Waals surface area contributed by atoms with Gasteiger partial charge in [0.15, 0.2) is 0 Å². The molecule has 2 rings (SSSR count). The SMILES string of the molecule is Cc1ccccc1C(=O)N/N=C\c1ccc(N(C)C)c(Br)c1. The minimum Gasteiger partial charge on any atom is -0.377 e. The van der Waals surface area contributed by atoms with Crippen molar-refractivity contribution in [2.24, 2.45) is 5.10 Å². The molecule has 0 atom stereocenters. The largest absolute Gasteiger partial charge is 0.377 e. The maximum atomic E-state index is 12.0. The number of carbonyl (C=O) groups is 1. The summed E-state index contributed by atoms with van der Waals surface area (Å²) in [6, 6.07) is 13.3. The molecule has 0 spiro atoms. The van der Waals surface area contributed by atoms with Gasteiger partial charge >= 0.3 is 0 Å². The van der Waals surface area contributed by atoms with Crippen molar-refractivity contribution in [1.82, 2.24) is 5.43 Å². The van der Waals surface area contributed by atoms with Crippen molar-refractivity contribution in [3.05, 3.63) is 63.6 Å². The summed E-state index contributed by atoms with van der Waals surface area (Å²) in [5.74, 6) is -0.210. The van der Waals surface area contributed by atoms with Gasteiger partial charge < -0.3 is 4.90 Å². The molecule has 1 amide bonds. The van der Waals surface area contributed by atoms with Crippen LogP contribution in [0.2, 0.25) is 0 Å². The Morgan fingerprint density at radius 1 is 1.23 bits per heavy atom. The van der Waals surface area contributed by atoms with E-state index in [-0.39, 0.29) is 5.91 Å². The fraction of sp³-hybridized carbons (Fsp3) is 0.176. The topological polar surface area (TPSA) is 44.7 Å². The van der Waals surface area contributed by atoms with Gasteiger partial charge in [-0.05, 0) is 52.2 Å². The van der Waals surface area contributed by atoms with Gasteiger partial charge in [0.2, 0.25) is 0 Å². The van der Waals surface area contributed by atoms with Gasteiger partial charge in [-0.2, -0.15) is 5.10 Å². The van der Waals surface area contributed by atoms with Crippen LogP contribution in [0.1, 0.15) is 21.5 Å². The van der Waals surface area contributed by atoms with Crippen molar-refractivity contribution >= 4 is 33.7 Å². The second-order valence-corrected chi connectivity index (χ2v) is 5.97. The van der Waals surface area contributed by atoms with E-state index in [4.69, 9.17) is 0 Å². The van der Waals surface area contributed by atoms with E-state index in [9.17, 15) is 4.79 Å². The van der Waals surface area contributed by atoms with Crippen LogP contribution in [0, 0.1) is 6.92 Å². The lowest BCUT2D eigenvalue weighted by Crippen LogP contribution is -2.18. The molecule has 0 fully saturated rings. The third-order valence-electron chi connectivity index (χ3n) is 3.22. The van der Waals surface area contributed by atoms with E-state index in [0.717, 1.165) is 21.3 Å². The lowest BCUT2D eigenvalue weighted by Gasteiger charge is -2.14. The van der Waals surface area contributed by atoms with Gasteiger partial charge in [-0.25, -0.2) is 5.43 Å². The normalized spacial score (nSPS) is 10.7. The van der Waals surface area contributed by atoms with E-state index in [1.165, 1.54) is 0 Å². The molecule has 0 aromatic heterocycles. The average molecular weight is 360 g/mol. The second kappa shape index (κ2) is 7.22. The van der Waals surface area contributed by atoms with Gasteiger partial charge in [0.1, 0.15) is 0 Å². The van der Waals surface area contributed by atoms with Crippen LogP contribution in [-0.4, -0.2) is 26.2 Å². The first-order valence-corrected chi connectivity index (χ1v) is 7.64. The molecule has 0 unspecified atom stereocenters. The number of carbonyl (C=O) groups excluding carboxylic acids is 1. The van der Waals surface area contributed by atoms with E-state index in [0.29, 0.717) is 5.56 Å². The van der Waals surface area contributed by atoms with Crippen molar-refractivity contribution in [2.45, 2.75) is 6.92 Å². The van der Waals surface area contributed by atoms with Crippen LogP contribution in [0.4, 0.5) is 5.69 Å². The molecule has 0 radical (unpaired) electrons. The molecular formula is C17H18BrN3O. The van der Waals surface area contributed by atoms with Crippen LogP contribution in [0.15, 0.2) is 52.0 Å². The summed E-state index contributed by atoms with van der Waals surface area (Å²) in [5, 5.41) is 4.02. The highest BCUT2D eigenvalue weighted by Gasteiger charge is 2.06. The lowest BCUT2D eigenvalue weighted by molar-refractivity contribution is 0.0954. The Kier molecular flexibility index (Phi) is 5.33. The van der Waals surface area contributed by atoms with Crippen LogP contribution in [0.3, 0.4) is 0 Å². The van der Waals surface area contributed by atoms with Crippen LogP contribution < -0.4 is 10.3 Å². The van der Waals surface area contributed by atoms with Crippen molar-refractivity contribution in [2.75, 3.05) is 19.0 Å². The maximum absolute atomic E-state index is 12.0. The molecule has 5 heteroatoms. The molecule has 0 saturated carbocycles. The standard InChI is InChI=1S/C17H18BrN3O/c1-12-6-4-5-7-14(12)17(22)20-19-11-13-8-9-16(21(2)3)15(18)10-13/h4-11H,1-3H3,(H,20,22)/b19-11-. The molecule has 0 aliphatic rings. The van der Waals surface area contributed by atoms with Gasteiger partial charge in [-0.1, -0.05) is 24.3 Å². The Balaban J connectivity index is 2.05. The van der Waals surface area contributed by atoms with Gasteiger partial charge in [-0.3, -0.25) is 4.79 Å². The first-order chi connectivity index (χ1) is 10.5. The highest BCUT2D eigenvalue weighted by molar-refractivity contribution is 9.10. The number of halogens is 1. The fourth-order valence-electron chi connectivity index (χ4n) is 2.02. The Labute approximate surface area is 139 Å². The Hall–Kier alpha value is -2.14. The second-order valence-electron chi connectivity index (χ2n) is 5.12. The lowest BCUT2D eigenvalue weighted by atomic mass is 10.1. The molecule has 0 saturated heterocycles. The van der Waals surface area contributed by atoms with Gasteiger partial charge in [0.25, 0.3) is 5.91 Å². The zero-order valence-electron chi connectivity index (χ0n) is 12.8. The van der Waals surface area contributed by atoms with E-state index in [1.54, 1.807) is 12.3 Å². The summed E-state index contributed by atoms with van der Waals surface area (Å²) < 4.78 is 0.978. The number of anilines is 1. The highest BCUT2D eigenvalue weighted by Crippen LogP contribution is 2.25. The third-order valence-corrected chi connectivity index (χ3v) is 3.86. The first kappa shape index (κ1) is 16.2. The zero-order valence-corrected chi connectivity index (χ0v) is 14.4. The van der Waals surface area contributed by atoms with Crippen LogP contribution in [0.5, 0.6) is 0 Å². The zero-order chi connectivity index (χ0) is 16.1. The minimum atomic E-state index is -0.210. The van der Waals surface area contributed by atoms with Gasteiger partial charge in [0, 0.05) is 24.1 Å². The van der Waals surface area contributed by atoms with Crippen LogP contribution in [-0.2, 0) is 0 Å². The molecule has 0 aliphatic carbocycles. The van der Waals surface area contributed by atoms with E-state index in [1.807, 2.05) is 62.3 Å². The number of amides is 1. The number of aryl methyl sites for hydroxylation is 1. The summed E-state index contributed by atoms with van der Waals surface area (Å²) in [6.45, 7) is 1.90. The quantitative estimate of drug-likeness (QED) is 0.669. The summed E-state index contributed by atoms with van der Waals surface area (Å²) in [6.07, 6.45) is 1.63. The summed E-state index contributed by atoms with van der Waals surface area (Å²) in [4.78, 5) is 14.0. The van der Waals surface area contributed by atoms with Gasteiger partial charge in [0.05, 0.1) is 11.9 Å². The van der Waals surface area contributed by atoms with Crippen molar-refractivity contribution in [3.8, 4) is 0 Å².